The van der Waals surface area contributed by atoms with Gasteiger partial charge in [0.2, 0.25) is 0 Å². The van der Waals surface area contributed by atoms with Crippen LogP contribution in [0, 0.1) is 6.92 Å². The summed E-state index contributed by atoms with van der Waals surface area (Å²) in [7, 11) is 1.61. The number of methoxy groups -OCH3 is 1. The molecule has 0 radical (unpaired) electrons. The van der Waals surface area contributed by atoms with E-state index in [1.807, 2.05) is 49.4 Å². The van der Waals surface area contributed by atoms with E-state index in [4.69, 9.17) is 17.0 Å². The van der Waals surface area contributed by atoms with Gasteiger partial charge in [0.15, 0.2) is 5.11 Å². The molecule has 0 aliphatic rings. The van der Waals surface area contributed by atoms with Crippen LogP contribution in [0.2, 0.25) is 0 Å². The lowest BCUT2D eigenvalue weighted by Gasteiger charge is -2.10. The second kappa shape index (κ2) is 7.35. The molecule has 2 rings (SSSR count). The number of hydrogen-bond donors (Lipinski definition) is 2. The van der Waals surface area contributed by atoms with Crippen LogP contribution in [0.3, 0.4) is 0 Å². The average molecular weight is 300 g/mol. The SMILES string of the molecule is COc1ccccc1NC(=S)N/N=C/c1cccc(C)n1. The average Bonchev–Trinajstić information content (AvgIpc) is 2.48. The van der Waals surface area contributed by atoms with E-state index in [0.29, 0.717) is 10.9 Å². The molecule has 0 amide bonds. The number of nitrogens with zero attached hydrogens (tertiary/aromatic N) is 2. The number of aromatic nitrogens is 1. The third-order valence-corrected chi connectivity index (χ3v) is 2.82. The van der Waals surface area contributed by atoms with Crippen molar-refractivity contribution in [1.29, 1.82) is 0 Å². The summed E-state index contributed by atoms with van der Waals surface area (Å²) in [5, 5.41) is 7.45. The number of pyridine rings is 1. The van der Waals surface area contributed by atoms with Crippen LogP contribution in [0.25, 0.3) is 0 Å². The molecule has 0 atom stereocenters. The molecule has 0 fully saturated rings. The molecule has 21 heavy (non-hydrogen) atoms. The zero-order valence-corrected chi connectivity index (χ0v) is 12.6. The number of nitrogens with one attached hydrogen (secondary N) is 2. The van der Waals surface area contributed by atoms with Crippen molar-refractivity contribution < 1.29 is 4.74 Å². The fraction of sp³-hybridized carbons (Fsp3) is 0.133. The first-order chi connectivity index (χ1) is 10.2. The van der Waals surface area contributed by atoms with Crippen LogP contribution in [0.5, 0.6) is 5.75 Å². The lowest BCUT2D eigenvalue weighted by atomic mass is 10.3. The number of thiocarbonyl (C=S) groups is 1. The third-order valence-electron chi connectivity index (χ3n) is 2.63. The van der Waals surface area contributed by atoms with Crippen molar-refractivity contribution in [3.05, 3.63) is 53.9 Å². The molecule has 0 unspecified atom stereocenters. The Morgan fingerprint density at radius 2 is 2.05 bits per heavy atom. The minimum absolute atomic E-state index is 0.378. The fourth-order valence-electron chi connectivity index (χ4n) is 1.69. The van der Waals surface area contributed by atoms with E-state index in [-0.39, 0.29) is 0 Å². The Labute approximate surface area is 129 Å². The highest BCUT2D eigenvalue weighted by molar-refractivity contribution is 7.80. The topological polar surface area (TPSA) is 58.5 Å². The summed E-state index contributed by atoms with van der Waals surface area (Å²) in [6, 6.07) is 13.2. The zero-order valence-electron chi connectivity index (χ0n) is 11.8. The normalized spacial score (nSPS) is 10.4. The van der Waals surface area contributed by atoms with Crippen molar-refractivity contribution in [2.45, 2.75) is 6.92 Å². The van der Waals surface area contributed by atoms with Crippen molar-refractivity contribution in [3.63, 3.8) is 0 Å². The van der Waals surface area contributed by atoms with Gasteiger partial charge in [0.25, 0.3) is 0 Å². The molecule has 5 nitrogen and oxygen atoms in total. The van der Waals surface area contributed by atoms with E-state index in [2.05, 4.69) is 20.8 Å². The number of benzene rings is 1. The molecule has 1 heterocycles. The Morgan fingerprint density at radius 3 is 2.81 bits per heavy atom. The van der Waals surface area contributed by atoms with Crippen molar-refractivity contribution in [2.75, 3.05) is 12.4 Å². The predicted octanol–water partition coefficient (Wildman–Crippen LogP) is 2.72. The molecule has 0 aliphatic heterocycles. The van der Waals surface area contributed by atoms with Gasteiger partial charge in [-0.25, -0.2) is 0 Å². The van der Waals surface area contributed by atoms with E-state index >= 15 is 0 Å². The standard InChI is InChI=1S/C15H16N4OS/c1-11-6-5-7-12(17-11)10-16-19-15(21)18-13-8-3-4-9-14(13)20-2/h3-10H,1-2H3,(H2,18,19,21)/b16-10+. The summed E-state index contributed by atoms with van der Waals surface area (Å²) in [6.45, 7) is 1.93. The molecule has 0 bridgehead atoms. The maximum absolute atomic E-state index is 5.23. The Hall–Kier alpha value is -2.47. The first-order valence-corrected chi connectivity index (χ1v) is 6.76. The van der Waals surface area contributed by atoms with E-state index in [9.17, 15) is 0 Å². The molecule has 6 heteroatoms. The summed E-state index contributed by atoms with van der Waals surface area (Å²) in [6.07, 6.45) is 1.61. The smallest absolute Gasteiger partial charge is 0.191 e. The third kappa shape index (κ3) is 4.54. The number of rotatable bonds is 4. The predicted molar refractivity (Wildman–Crippen MR) is 88.9 cm³/mol. The highest BCUT2D eigenvalue weighted by atomic mass is 32.1. The van der Waals surface area contributed by atoms with E-state index in [0.717, 1.165) is 17.1 Å². The van der Waals surface area contributed by atoms with Gasteiger partial charge in [-0.3, -0.25) is 10.4 Å². The van der Waals surface area contributed by atoms with Gasteiger partial charge in [-0.1, -0.05) is 18.2 Å². The summed E-state index contributed by atoms with van der Waals surface area (Å²) in [4.78, 5) is 4.31. The van der Waals surface area contributed by atoms with Crippen LogP contribution >= 0.6 is 12.2 Å². The van der Waals surface area contributed by atoms with E-state index in [1.165, 1.54) is 0 Å². The second-order valence-electron chi connectivity index (χ2n) is 4.23. The van der Waals surface area contributed by atoms with Gasteiger partial charge in [-0.15, -0.1) is 0 Å². The van der Waals surface area contributed by atoms with Crippen LogP contribution in [0.15, 0.2) is 47.6 Å². The van der Waals surface area contributed by atoms with Gasteiger partial charge in [-0.2, -0.15) is 5.10 Å². The van der Waals surface area contributed by atoms with Crippen molar-refractivity contribution in [2.24, 2.45) is 5.10 Å². The quantitative estimate of drug-likeness (QED) is 0.516. The summed E-state index contributed by atoms with van der Waals surface area (Å²) >= 11 is 5.17. The monoisotopic (exact) mass is 300 g/mol. The van der Waals surface area contributed by atoms with Crippen LogP contribution in [0.4, 0.5) is 5.69 Å². The second-order valence-corrected chi connectivity index (χ2v) is 4.64. The molecular formula is C15H16N4OS. The molecule has 1 aromatic carbocycles. The summed E-state index contributed by atoms with van der Waals surface area (Å²) < 4.78 is 5.23. The van der Waals surface area contributed by atoms with E-state index in [1.54, 1.807) is 13.3 Å². The Morgan fingerprint density at radius 1 is 1.24 bits per heavy atom. The fourth-order valence-corrected chi connectivity index (χ4v) is 1.85. The van der Waals surface area contributed by atoms with Crippen LogP contribution in [-0.4, -0.2) is 23.4 Å². The highest BCUT2D eigenvalue weighted by Crippen LogP contribution is 2.22. The first-order valence-electron chi connectivity index (χ1n) is 6.36. The molecular weight excluding hydrogens is 284 g/mol. The van der Waals surface area contributed by atoms with Crippen LogP contribution in [-0.2, 0) is 0 Å². The number of anilines is 1. The number of hydrogen-bond acceptors (Lipinski definition) is 4. The Bertz CT molecular complexity index is 658. The van der Waals surface area contributed by atoms with Gasteiger partial charge in [-0.05, 0) is 43.4 Å². The van der Waals surface area contributed by atoms with Gasteiger partial charge in [0.05, 0.1) is 24.7 Å². The molecule has 0 spiro atoms. The van der Waals surface area contributed by atoms with Gasteiger partial charge >= 0.3 is 0 Å². The molecule has 108 valence electrons. The number of para-hydroxylation sites is 2. The minimum atomic E-state index is 0.378. The van der Waals surface area contributed by atoms with Gasteiger partial charge in [0, 0.05) is 5.69 Å². The van der Waals surface area contributed by atoms with Crippen molar-refractivity contribution in [3.8, 4) is 5.75 Å². The van der Waals surface area contributed by atoms with Crippen LogP contribution < -0.4 is 15.5 Å². The lowest BCUT2D eigenvalue weighted by molar-refractivity contribution is 0.417. The molecule has 0 saturated carbocycles. The number of hydrazone groups is 1. The molecule has 1 aromatic heterocycles. The van der Waals surface area contributed by atoms with Gasteiger partial charge in [0.1, 0.15) is 5.75 Å². The highest BCUT2D eigenvalue weighted by Gasteiger charge is 2.02. The zero-order chi connectivity index (χ0) is 15.1. The van der Waals surface area contributed by atoms with Crippen molar-refractivity contribution in [1.82, 2.24) is 10.4 Å². The lowest BCUT2D eigenvalue weighted by Crippen LogP contribution is -2.24. The number of aryl methyl sites for hydroxylation is 1. The largest absolute Gasteiger partial charge is 0.495 e. The molecule has 0 aliphatic carbocycles. The van der Waals surface area contributed by atoms with Crippen LogP contribution in [0.1, 0.15) is 11.4 Å². The number of ether oxygens (including phenoxy) is 1. The Kier molecular flexibility index (Phi) is 5.22. The van der Waals surface area contributed by atoms with Crippen molar-refractivity contribution >= 4 is 29.2 Å². The molecule has 2 N–H and O–H groups in total. The Balaban J connectivity index is 1.93. The first kappa shape index (κ1) is 14.9. The minimum Gasteiger partial charge on any atom is -0.495 e. The maximum atomic E-state index is 5.23. The molecule has 2 aromatic rings. The van der Waals surface area contributed by atoms with E-state index < -0.39 is 0 Å². The summed E-state index contributed by atoms with van der Waals surface area (Å²) in [5.74, 6) is 0.714. The molecule has 0 saturated heterocycles. The van der Waals surface area contributed by atoms with Gasteiger partial charge < -0.3 is 10.1 Å². The summed E-state index contributed by atoms with van der Waals surface area (Å²) in [5.41, 5.74) is 5.23. The maximum Gasteiger partial charge on any atom is 0.191 e.